The summed E-state index contributed by atoms with van der Waals surface area (Å²) in [4.78, 5) is 1.27. The molecule has 0 amide bonds. The van der Waals surface area contributed by atoms with Crippen LogP contribution in [0, 0.1) is 0 Å². The van der Waals surface area contributed by atoms with Gasteiger partial charge in [0.1, 0.15) is 0 Å². The molecule has 0 aliphatic heterocycles. The van der Waals surface area contributed by atoms with Gasteiger partial charge in [0.2, 0.25) is 0 Å². The predicted molar refractivity (Wildman–Crippen MR) is 78.5 cm³/mol. The predicted octanol–water partition coefficient (Wildman–Crippen LogP) is 5.54. The van der Waals surface area contributed by atoms with Crippen LogP contribution in [0.5, 0.6) is 0 Å². The molecule has 2 aromatic rings. The Balaban J connectivity index is 2.07. The van der Waals surface area contributed by atoms with Crippen molar-refractivity contribution in [3.8, 4) is 0 Å². The van der Waals surface area contributed by atoms with Crippen LogP contribution in [0.25, 0.3) is 0 Å². The Morgan fingerprint density at radius 2 is 2.00 bits per heavy atom. The van der Waals surface area contributed by atoms with Gasteiger partial charge in [-0.1, -0.05) is 27.5 Å². The number of anilines is 1. The maximum atomic E-state index is 6.08. The number of halogens is 3. The third-order valence-electron chi connectivity index (χ3n) is 2.01. The van der Waals surface area contributed by atoms with Crippen LogP contribution >= 0.6 is 54.8 Å². The van der Waals surface area contributed by atoms with Crippen molar-refractivity contribution in [1.82, 2.24) is 0 Å². The van der Waals surface area contributed by atoms with E-state index in [1.54, 1.807) is 11.3 Å². The van der Waals surface area contributed by atoms with Gasteiger partial charge in [0, 0.05) is 15.9 Å². The number of hydrogen-bond acceptors (Lipinski definition) is 2. The molecule has 0 saturated heterocycles. The largest absolute Gasteiger partial charge is 0.379 e. The van der Waals surface area contributed by atoms with Crippen LogP contribution in [0.3, 0.4) is 0 Å². The van der Waals surface area contributed by atoms with Crippen molar-refractivity contribution < 1.29 is 0 Å². The average molecular weight is 382 g/mol. The van der Waals surface area contributed by atoms with Crippen LogP contribution in [0.2, 0.25) is 5.02 Å². The number of rotatable bonds is 3. The Labute approximate surface area is 120 Å². The Kier molecular flexibility index (Phi) is 4.30. The van der Waals surface area contributed by atoms with Crippen molar-refractivity contribution >= 4 is 60.5 Å². The first-order valence-electron chi connectivity index (χ1n) is 4.58. The molecule has 0 unspecified atom stereocenters. The van der Waals surface area contributed by atoms with E-state index in [9.17, 15) is 0 Å². The summed E-state index contributed by atoms with van der Waals surface area (Å²) >= 11 is 14.7. The van der Waals surface area contributed by atoms with E-state index in [2.05, 4.69) is 43.2 Å². The summed E-state index contributed by atoms with van der Waals surface area (Å²) in [6, 6.07) is 9.91. The lowest BCUT2D eigenvalue weighted by Gasteiger charge is -2.07. The molecule has 1 nitrogen and oxygen atoms in total. The van der Waals surface area contributed by atoms with E-state index in [-0.39, 0.29) is 0 Å². The van der Waals surface area contributed by atoms with Crippen LogP contribution in [0.1, 0.15) is 4.88 Å². The standard InChI is InChI=1S/C11H8Br2ClNS/c12-7-1-3-9(14)10(5-7)15-6-8-2-4-11(13)16-8/h1-5,15H,6H2. The van der Waals surface area contributed by atoms with E-state index in [1.807, 2.05) is 24.3 Å². The second-order valence-corrected chi connectivity index (χ2v) is 7.05. The Morgan fingerprint density at radius 3 is 2.69 bits per heavy atom. The van der Waals surface area contributed by atoms with E-state index < -0.39 is 0 Å². The second-order valence-electron chi connectivity index (χ2n) is 3.18. The minimum atomic E-state index is 0.735. The number of nitrogens with one attached hydrogen (secondary N) is 1. The highest BCUT2D eigenvalue weighted by atomic mass is 79.9. The first kappa shape index (κ1) is 12.4. The summed E-state index contributed by atoms with van der Waals surface area (Å²) in [5.41, 5.74) is 0.945. The van der Waals surface area contributed by atoms with Crippen molar-refractivity contribution in [1.29, 1.82) is 0 Å². The zero-order valence-electron chi connectivity index (χ0n) is 8.14. The molecule has 0 aliphatic carbocycles. The zero-order chi connectivity index (χ0) is 11.5. The van der Waals surface area contributed by atoms with Gasteiger partial charge in [-0.3, -0.25) is 0 Å². The lowest BCUT2D eigenvalue weighted by molar-refractivity contribution is 1.19. The van der Waals surface area contributed by atoms with Crippen molar-refractivity contribution in [3.63, 3.8) is 0 Å². The highest BCUT2D eigenvalue weighted by Gasteiger charge is 2.02. The van der Waals surface area contributed by atoms with E-state index in [0.717, 1.165) is 25.5 Å². The van der Waals surface area contributed by atoms with E-state index in [0.29, 0.717) is 0 Å². The quantitative estimate of drug-likeness (QED) is 0.736. The van der Waals surface area contributed by atoms with Gasteiger partial charge in [0.25, 0.3) is 0 Å². The molecule has 0 radical (unpaired) electrons. The minimum Gasteiger partial charge on any atom is -0.379 e. The summed E-state index contributed by atoms with van der Waals surface area (Å²) < 4.78 is 2.16. The number of benzene rings is 1. The maximum absolute atomic E-state index is 6.08. The van der Waals surface area contributed by atoms with E-state index in [1.165, 1.54) is 4.88 Å². The molecule has 1 aromatic carbocycles. The van der Waals surface area contributed by atoms with Crippen molar-refractivity contribution in [2.45, 2.75) is 6.54 Å². The molecule has 5 heteroatoms. The Morgan fingerprint density at radius 1 is 1.19 bits per heavy atom. The molecule has 0 spiro atoms. The normalized spacial score (nSPS) is 10.4. The first-order valence-corrected chi connectivity index (χ1v) is 7.36. The van der Waals surface area contributed by atoms with Gasteiger partial charge in [-0.05, 0) is 46.3 Å². The van der Waals surface area contributed by atoms with Gasteiger partial charge in [-0.25, -0.2) is 0 Å². The summed E-state index contributed by atoms with van der Waals surface area (Å²) in [6.45, 7) is 0.784. The summed E-state index contributed by atoms with van der Waals surface area (Å²) in [6.07, 6.45) is 0. The van der Waals surface area contributed by atoms with E-state index in [4.69, 9.17) is 11.6 Å². The molecule has 0 bridgehead atoms. The zero-order valence-corrected chi connectivity index (χ0v) is 12.9. The number of thiophene rings is 1. The topological polar surface area (TPSA) is 12.0 Å². The van der Waals surface area contributed by atoms with Gasteiger partial charge < -0.3 is 5.32 Å². The molecule has 0 saturated carbocycles. The molecule has 0 fully saturated rings. The fourth-order valence-electron chi connectivity index (χ4n) is 1.26. The SMILES string of the molecule is Clc1ccc(Br)cc1NCc1ccc(Br)s1. The Hall–Kier alpha value is -0.0300. The fraction of sp³-hybridized carbons (Fsp3) is 0.0909. The molecular weight excluding hydrogens is 373 g/mol. The van der Waals surface area contributed by atoms with Crippen LogP contribution in [0.4, 0.5) is 5.69 Å². The van der Waals surface area contributed by atoms with Crippen molar-refractivity contribution in [2.24, 2.45) is 0 Å². The second kappa shape index (κ2) is 5.54. The lowest BCUT2D eigenvalue weighted by Crippen LogP contribution is -1.97. The monoisotopic (exact) mass is 379 g/mol. The van der Waals surface area contributed by atoms with Gasteiger partial charge in [0.15, 0.2) is 0 Å². The third kappa shape index (κ3) is 3.23. The highest BCUT2D eigenvalue weighted by Crippen LogP contribution is 2.27. The Bertz CT molecular complexity index is 498. The molecule has 16 heavy (non-hydrogen) atoms. The van der Waals surface area contributed by atoms with Crippen LogP contribution in [-0.2, 0) is 6.54 Å². The molecule has 2 rings (SSSR count). The fourth-order valence-corrected chi connectivity index (χ4v) is 3.23. The molecule has 1 heterocycles. The summed E-state index contributed by atoms with van der Waals surface area (Å²) in [5.74, 6) is 0. The van der Waals surface area contributed by atoms with Gasteiger partial charge in [-0.15, -0.1) is 11.3 Å². The molecule has 0 atom stereocenters. The van der Waals surface area contributed by atoms with Crippen molar-refractivity contribution in [2.75, 3.05) is 5.32 Å². The lowest BCUT2D eigenvalue weighted by atomic mass is 10.3. The summed E-state index contributed by atoms with van der Waals surface area (Å²) in [5, 5.41) is 4.05. The minimum absolute atomic E-state index is 0.735. The van der Waals surface area contributed by atoms with Crippen molar-refractivity contribution in [3.05, 3.63) is 48.5 Å². The molecular formula is C11H8Br2ClNS. The van der Waals surface area contributed by atoms with Crippen LogP contribution < -0.4 is 5.32 Å². The van der Waals surface area contributed by atoms with Gasteiger partial charge in [-0.2, -0.15) is 0 Å². The molecule has 1 aromatic heterocycles. The number of hydrogen-bond donors (Lipinski definition) is 1. The third-order valence-corrected chi connectivity index (χ3v) is 4.46. The maximum Gasteiger partial charge on any atom is 0.0702 e. The van der Waals surface area contributed by atoms with Crippen LogP contribution in [0.15, 0.2) is 38.6 Å². The van der Waals surface area contributed by atoms with E-state index >= 15 is 0 Å². The van der Waals surface area contributed by atoms with Crippen LogP contribution in [-0.4, -0.2) is 0 Å². The molecule has 1 N–H and O–H groups in total. The smallest absolute Gasteiger partial charge is 0.0702 e. The van der Waals surface area contributed by atoms with Gasteiger partial charge in [0.05, 0.1) is 14.5 Å². The first-order chi connectivity index (χ1) is 7.65. The molecule has 0 aliphatic rings. The average Bonchev–Trinajstić information content (AvgIpc) is 2.66. The molecule has 84 valence electrons. The summed E-state index contributed by atoms with van der Waals surface area (Å²) in [7, 11) is 0. The van der Waals surface area contributed by atoms with Gasteiger partial charge >= 0.3 is 0 Å². The highest BCUT2D eigenvalue weighted by molar-refractivity contribution is 9.11.